The number of anilines is 1. The van der Waals surface area contributed by atoms with Crippen LogP contribution in [0, 0.1) is 0 Å². The molecule has 0 N–H and O–H groups in total. The summed E-state index contributed by atoms with van der Waals surface area (Å²) in [5.41, 5.74) is 3.74. The Balaban J connectivity index is 0.00000306. The van der Waals surface area contributed by atoms with Crippen molar-refractivity contribution in [1.82, 2.24) is 9.88 Å². The third-order valence-electron chi connectivity index (χ3n) is 5.15. The van der Waals surface area contributed by atoms with Crippen LogP contribution in [0.3, 0.4) is 0 Å². The van der Waals surface area contributed by atoms with Gasteiger partial charge >= 0.3 is 0 Å². The van der Waals surface area contributed by atoms with Crippen molar-refractivity contribution in [3.63, 3.8) is 0 Å². The van der Waals surface area contributed by atoms with E-state index >= 15 is 0 Å². The molecule has 3 aromatic carbocycles. The van der Waals surface area contributed by atoms with Gasteiger partial charge in [0.05, 0.1) is 16.8 Å². The van der Waals surface area contributed by atoms with Gasteiger partial charge in [0, 0.05) is 18.7 Å². The van der Waals surface area contributed by atoms with Crippen LogP contribution in [0.2, 0.25) is 0 Å². The summed E-state index contributed by atoms with van der Waals surface area (Å²) in [6.45, 7) is 3.88. The first-order valence-corrected chi connectivity index (χ1v) is 11.5. The minimum atomic E-state index is -0.0458. The fourth-order valence-corrected chi connectivity index (χ4v) is 4.46. The lowest BCUT2D eigenvalue weighted by atomic mass is 10.0. The maximum atomic E-state index is 13.5. The third-order valence-corrected chi connectivity index (χ3v) is 6.19. The number of carbonyl (C=O) groups excluding carboxylic acids is 1. The molecule has 172 valence electrons. The molecule has 0 unspecified atom stereocenters. The molecule has 7 heteroatoms. The summed E-state index contributed by atoms with van der Waals surface area (Å²) in [4.78, 5) is 22.1. The first-order valence-electron chi connectivity index (χ1n) is 10.7. The molecule has 0 aliphatic carbocycles. The van der Waals surface area contributed by atoms with Gasteiger partial charge in [-0.25, -0.2) is 4.98 Å². The molecule has 4 aromatic rings. The zero-order chi connectivity index (χ0) is 22.5. The van der Waals surface area contributed by atoms with E-state index in [-0.39, 0.29) is 18.3 Å². The number of thiazole rings is 1. The molecule has 0 saturated heterocycles. The smallest absolute Gasteiger partial charge is 0.260 e. The first-order chi connectivity index (χ1) is 15.5. The predicted molar refractivity (Wildman–Crippen MR) is 140 cm³/mol. The number of likely N-dealkylation sites (N-methyl/N-ethyl adjacent to an activating group) is 1. The van der Waals surface area contributed by atoms with Gasteiger partial charge in [0.2, 0.25) is 0 Å². The van der Waals surface area contributed by atoms with E-state index in [9.17, 15) is 4.79 Å². The van der Waals surface area contributed by atoms with E-state index in [0.29, 0.717) is 23.8 Å². The Morgan fingerprint density at radius 1 is 0.939 bits per heavy atom. The molecule has 1 aromatic heterocycles. The largest absolute Gasteiger partial charge is 0.494 e. The molecule has 1 heterocycles. The molecular weight excluding hydrogens is 454 g/mol. The van der Waals surface area contributed by atoms with Crippen molar-refractivity contribution in [3.05, 3.63) is 78.4 Å². The lowest BCUT2D eigenvalue weighted by Gasteiger charge is -2.22. The predicted octanol–water partition coefficient (Wildman–Crippen LogP) is 5.99. The number of benzene rings is 3. The number of aromatic nitrogens is 1. The number of hydrogen-bond donors (Lipinski definition) is 0. The number of amides is 1. The van der Waals surface area contributed by atoms with Crippen molar-refractivity contribution in [2.24, 2.45) is 0 Å². The Bertz CT molecular complexity index is 1190. The quantitative estimate of drug-likeness (QED) is 0.310. The topological polar surface area (TPSA) is 45.7 Å². The zero-order valence-electron chi connectivity index (χ0n) is 19.0. The number of halogens is 1. The molecule has 33 heavy (non-hydrogen) atoms. The number of fused-ring (bicyclic) bond motifs is 1. The van der Waals surface area contributed by atoms with Crippen LogP contribution in [0.5, 0.6) is 5.75 Å². The summed E-state index contributed by atoms with van der Waals surface area (Å²) in [5.74, 6) is 0.772. The highest BCUT2D eigenvalue weighted by Gasteiger charge is 2.21. The average molecular weight is 482 g/mol. The van der Waals surface area contributed by atoms with Crippen LogP contribution in [-0.2, 0) is 0 Å². The molecule has 4 rings (SSSR count). The molecule has 1 amide bonds. The van der Waals surface area contributed by atoms with E-state index in [4.69, 9.17) is 9.72 Å². The van der Waals surface area contributed by atoms with E-state index in [1.807, 2.05) is 81.7 Å². The van der Waals surface area contributed by atoms with Crippen LogP contribution in [0.4, 0.5) is 5.13 Å². The maximum absolute atomic E-state index is 13.5. The Kier molecular flexibility index (Phi) is 8.44. The van der Waals surface area contributed by atoms with Crippen LogP contribution >= 0.6 is 23.7 Å². The van der Waals surface area contributed by atoms with Gasteiger partial charge in [0.15, 0.2) is 5.13 Å². The van der Waals surface area contributed by atoms with Gasteiger partial charge in [0.25, 0.3) is 5.91 Å². The highest BCUT2D eigenvalue weighted by molar-refractivity contribution is 7.22. The Hall–Kier alpha value is -2.93. The minimum absolute atomic E-state index is 0. The normalized spacial score (nSPS) is 10.8. The van der Waals surface area contributed by atoms with Gasteiger partial charge in [0.1, 0.15) is 5.75 Å². The van der Waals surface area contributed by atoms with Crippen molar-refractivity contribution in [1.29, 1.82) is 0 Å². The molecular formula is C26H28ClN3O2S. The number of carbonyl (C=O) groups is 1. The second-order valence-electron chi connectivity index (χ2n) is 7.76. The van der Waals surface area contributed by atoms with E-state index in [1.165, 1.54) is 11.3 Å². The highest BCUT2D eigenvalue weighted by atomic mass is 35.5. The first kappa shape index (κ1) is 24.7. The van der Waals surface area contributed by atoms with Gasteiger partial charge in [-0.05, 0) is 62.5 Å². The Morgan fingerprint density at radius 3 is 2.30 bits per heavy atom. The fourth-order valence-electron chi connectivity index (χ4n) is 3.44. The highest BCUT2D eigenvalue weighted by Crippen LogP contribution is 2.32. The Morgan fingerprint density at radius 2 is 1.64 bits per heavy atom. The van der Waals surface area contributed by atoms with E-state index < -0.39 is 0 Å². The van der Waals surface area contributed by atoms with E-state index in [2.05, 4.69) is 17.0 Å². The number of ether oxygens (including phenoxy) is 1. The van der Waals surface area contributed by atoms with Crippen LogP contribution in [0.25, 0.3) is 21.3 Å². The molecule has 0 aliphatic rings. The summed E-state index contributed by atoms with van der Waals surface area (Å²) in [6.07, 6.45) is 0. The Labute approximate surface area is 205 Å². The maximum Gasteiger partial charge on any atom is 0.260 e. The van der Waals surface area contributed by atoms with Crippen molar-refractivity contribution in [2.45, 2.75) is 6.92 Å². The number of hydrogen-bond acceptors (Lipinski definition) is 5. The van der Waals surface area contributed by atoms with Crippen LogP contribution in [0.1, 0.15) is 17.3 Å². The monoisotopic (exact) mass is 481 g/mol. The van der Waals surface area contributed by atoms with Crippen molar-refractivity contribution < 1.29 is 9.53 Å². The molecule has 0 fully saturated rings. The van der Waals surface area contributed by atoms with Gasteiger partial charge in [-0.3, -0.25) is 9.69 Å². The summed E-state index contributed by atoms with van der Waals surface area (Å²) >= 11 is 1.52. The van der Waals surface area contributed by atoms with Gasteiger partial charge in [-0.2, -0.15) is 0 Å². The lowest BCUT2D eigenvalue weighted by Crippen LogP contribution is -2.36. The molecule has 5 nitrogen and oxygen atoms in total. The van der Waals surface area contributed by atoms with Crippen LogP contribution in [-0.4, -0.2) is 49.6 Å². The second kappa shape index (κ2) is 11.3. The molecule has 0 atom stereocenters. The third kappa shape index (κ3) is 5.90. The number of nitrogens with zero attached hydrogens (tertiary/aromatic N) is 3. The average Bonchev–Trinajstić information content (AvgIpc) is 3.23. The summed E-state index contributed by atoms with van der Waals surface area (Å²) in [7, 11) is 4.01. The molecule has 0 radical (unpaired) electrons. The van der Waals surface area contributed by atoms with Crippen molar-refractivity contribution in [3.8, 4) is 16.9 Å². The van der Waals surface area contributed by atoms with Gasteiger partial charge in [-0.15, -0.1) is 12.4 Å². The lowest BCUT2D eigenvalue weighted by molar-refractivity contribution is 0.0985. The van der Waals surface area contributed by atoms with Crippen molar-refractivity contribution in [2.75, 3.05) is 38.7 Å². The zero-order valence-corrected chi connectivity index (χ0v) is 20.7. The summed E-state index contributed by atoms with van der Waals surface area (Å²) in [6, 6.07) is 23.8. The van der Waals surface area contributed by atoms with Crippen LogP contribution < -0.4 is 9.64 Å². The molecule has 0 bridgehead atoms. The fraction of sp³-hybridized carbons (Fsp3) is 0.231. The number of rotatable bonds is 8. The van der Waals surface area contributed by atoms with E-state index in [0.717, 1.165) is 33.6 Å². The summed E-state index contributed by atoms with van der Waals surface area (Å²) in [5, 5.41) is 0.702. The summed E-state index contributed by atoms with van der Waals surface area (Å²) < 4.78 is 6.63. The molecule has 0 aliphatic heterocycles. The molecule has 0 saturated carbocycles. The van der Waals surface area contributed by atoms with Gasteiger partial charge in [-0.1, -0.05) is 53.8 Å². The standard InChI is InChI=1S/C26H27N3O2S.ClH/c1-4-31-22-14-15-23-24(18-22)32-26(27-23)29(17-16-28(2)3)25(30)21-12-10-20(11-13-21)19-8-6-5-7-9-19;/h5-15,18H,4,16-17H2,1-3H3;1H. The van der Waals surface area contributed by atoms with Gasteiger partial charge < -0.3 is 9.64 Å². The van der Waals surface area contributed by atoms with Crippen LogP contribution in [0.15, 0.2) is 72.8 Å². The SMILES string of the molecule is CCOc1ccc2nc(N(CCN(C)C)C(=O)c3ccc(-c4ccccc4)cc3)sc2c1.Cl. The molecule has 0 spiro atoms. The van der Waals surface area contributed by atoms with Crippen molar-refractivity contribution >= 4 is 45.0 Å². The van der Waals surface area contributed by atoms with E-state index in [1.54, 1.807) is 4.90 Å². The second-order valence-corrected chi connectivity index (χ2v) is 8.77. The minimum Gasteiger partial charge on any atom is -0.494 e.